The zero-order chi connectivity index (χ0) is 15.7. The number of ether oxygens (including phenoxy) is 1. The molecule has 0 spiro atoms. The van der Waals surface area contributed by atoms with Crippen molar-refractivity contribution in [2.75, 3.05) is 7.11 Å². The smallest absolute Gasteiger partial charge is 0.310 e. The molecule has 0 N–H and O–H groups in total. The van der Waals surface area contributed by atoms with E-state index in [0.717, 1.165) is 12.1 Å². The Morgan fingerprint density at radius 1 is 1.24 bits per heavy atom. The zero-order valence-corrected chi connectivity index (χ0v) is 11.7. The molecule has 4 nitrogen and oxygen atoms in total. The third kappa shape index (κ3) is 2.76. The molecule has 0 atom stereocenters. The molecule has 7 heteroatoms. The molecule has 0 aliphatic carbocycles. The highest BCUT2D eigenvalue weighted by Crippen LogP contribution is 2.21. The molecule has 112 valence electrons. The first-order chi connectivity index (χ1) is 9.85. The molecule has 1 heterocycles. The number of hydrogen-bond donors (Lipinski definition) is 0. The Bertz CT molecular complexity index is 687. The van der Waals surface area contributed by atoms with Crippen molar-refractivity contribution in [3.05, 3.63) is 46.5 Å². The van der Waals surface area contributed by atoms with Gasteiger partial charge in [0.25, 0.3) is 0 Å². The van der Waals surface area contributed by atoms with Gasteiger partial charge in [0.2, 0.25) is 0 Å². The Kier molecular flexibility index (Phi) is 4.02. The van der Waals surface area contributed by atoms with Crippen LogP contribution in [0.5, 0.6) is 0 Å². The van der Waals surface area contributed by atoms with E-state index >= 15 is 0 Å². The van der Waals surface area contributed by atoms with Crippen LogP contribution in [0.3, 0.4) is 0 Å². The zero-order valence-electron chi connectivity index (χ0n) is 11.7. The van der Waals surface area contributed by atoms with Gasteiger partial charge in [-0.25, -0.2) is 17.9 Å². The maximum Gasteiger partial charge on any atom is 0.310 e. The summed E-state index contributed by atoms with van der Waals surface area (Å²) < 4.78 is 45.4. The molecule has 1 aromatic carbocycles. The standard InChI is InChI=1S/C14H13F3N2O2/c1-7-10(6-13(20)21-3)8(2)19(18-7)9-4-11(15)14(17)12(16)5-9/h4-5H,6H2,1-3H3. The highest BCUT2D eigenvalue weighted by Gasteiger charge is 2.18. The van der Waals surface area contributed by atoms with Crippen molar-refractivity contribution in [3.8, 4) is 5.69 Å². The van der Waals surface area contributed by atoms with Gasteiger partial charge in [-0.05, 0) is 13.8 Å². The maximum atomic E-state index is 13.3. The lowest BCUT2D eigenvalue weighted by Gasteiger charge is -2.06. The molecule has 2 aromatic rings. The van der Waals surface area contributed by atoms with Crippen LogP contribution >= 0.6 is 0 Å². The van der Waals surface area contributed by atoms with E-state index in [4.69, 9.17) is 0 Å². The van der Waals surface area contributed by atoms with Gasteiger partial charge in [-0.1, -0.05) is 0 Å². The molecule has 0 aliphatic heterocycles. The summed E-state index contributed by atoms with van der Waals surface area (Å²) in [5.74, 6) is -4.58. The second kappa shape index (κ2) is 5.59. The van der Waals surface area contributed by atoms with Crippen molar-refractivity contribution >= 4 is 5.97 Å². The summed E-state index contributed by atoms with van der Waals surface area (Å²) in [7, 11) is 1.27. The van der Waals surface area contributed by atoms with E-state index in [1.54, 1.807) is 13.8 Å². The van der Waals surface area contributed by atoms with Gasteiger partial charge in [-0.15, -0.1) is 0 Å². The SMILES string of the molecule is COC(=O)Cc1c(C)nn(-c2cc(F)c(F)c(F)c2)c1C. The molecule has 0 radical (unpaired) electrons. The van der Waals surface area contributed by atoms with E-state index in [9.17, 15) is 18.0 Å². The monoisotopic (exact) mass is 298 g/mol. The van der Waals surface area contributed by atoms with Gasteiger partial charge in [0.1, 0.15) is 0 Å². The molecule has 21 heavy (non-hydrogen) atoms. The van der Waals surface area contributed by atoms with Gasteiger partial charge in [0, 0.05) is 23.4 Å². The van der Waals surface area contributed by atoms with Crippen LogP contribution in [0.4, 0.5) is 13.2 Å². The van der Waals surface area contributed by atoms with Crippen molar-refractivity contribution in [1.29, 1.82) is 0 Å². The second-order valence-electron chi connectivity index (χ2n) is 4.54. The summed E-state index contributed by atoms with van der Waals surface area (Å²) in [6.45, 7) is 3.31. The summed E-state index contributed by atoms with van der Waals surface area (Å²) in [5, 5.41) is 4.13. The van der Waals surface area contributed by atoms with Crippen LogP contribution in [0.1, 0.15) is 17.0 Å². The first-order valence-corrected chi connectivity index (χ1v) is 6.12. The first-order valence-electron chi connectivity index (χ1n) is 6.12. The Balaban J connectivity index is 2.51. The minimum Gasteiger partial charge on any atom is -0.469 e. The maximum absolute atomic E-state index is 13.3. The minimum atomic E-state index is -1.53. The number of aromatic nitrogens is 2. The number of esters is 1. The first kappa shape index (κ1) is 15.1. The molecule has 0 unspecified atom stereocenters. The number of halogens is 3. The van der Waals surface area contributed by atoms with E-state index in [1.165, 1.54) is 11.8 Å². The lowest BCUT2D eigenvalue weighted by Crippen LogP contribution is -2.07. The lowest BCUT2D eigenvalue weighted by atomic mass is 10.1. The number of benzene rings is 1. The van der Waals surface area contributed by atoms with Gasteiger partial charge in [-0.3, -0.25) is 4.79 Å². The molecule has 0 fully saturated rings. The largest absolute Gasteiger partial charge is 0.469 e. The molecule has 2 rings (SSSR count). The second-order valence-corrected chi connectivity index (χ2v) is 4.54. The van der Waals surface area contributed by atoms with E-state index in [-0.39, 0.29) is 12.1 Å². The molecule has 0 bridgehead atoms. The number of rotatable bonds is 3. The summed E-state index contributed by atoms with van der Waals surface area (Å²) in [6.07, 6.45) is 0.000323. The van der Waals surface area contributed by atoms with Crippen LogP contribution in [0, 0.1) is 31.3 Å². The van der Waals surface area contributed by atoms with Crippen molar-refractivity contribution < 1.29 is 22.7 Å². The average molecular weight is 298 g/mol. The van der Waals surface area contributed by atoms with Gasteiger partial charge < -0.3 is 4.74 Å². The van der Waals surface area contributed by atoms with E-state index in [1.807, 2.05) is 0 Å². The summed E-state index contributed by atoms with van der Waals surface area (Å²) >= 11 is 0. The number of carbonyl (C=O) groups is 1. The number of nitrogens with zero attached hydrogens (tertiary/aromatic N) is 2. The van der Waals surface area contributed by atoms with Crippen molar-refractivity contribution in [2.45, 2.75) is 20.3 Å². The number of carbonyl (C=O) groups excluding carboxylic acids is 1. The van der Waals surface area contributed by atoms with Crippen LogP contribution in [0.25, 0.3) is 5.69 Å². The molecule has 1 aromatic heterocycles. The molecule has 0 saturated carbocycles. The molecule has 0 amide bonds. The molecule has 0 aliphatic rings. The fourth-order valence-corrected chi connectivity index (χ4v) is 2.06. The third-order valence-electron chi connectivity index (χ3n) is 3.20. The number of methoxy groups -OCH3 is 1. The van der Waals surface area contributed by atoms with Crippen LogP contribution < -0.4 is 0 Å². The normalized spacial score (nSPS) is 10.8. The Morgan fingerprint density at radius 3 is 2.33 bits per heavy atom. The average Bonchev–Trinajstić information content (AvgIpc) is 2.72. The van der Waals surface area contributed by atoms with Gasteiger partial charge in [0.15, 0.2) is 17.5 Å². The summed E-state index contributed by atoms with van der Waals surface area (Å²) in [6, 6.07) is 1.69. The van der Waals surface area contributed by atoms with E-state index < -0.39 is 23.4 Å². The molecular weight excluding hydrogens is 285 g/mol. The third-order valence-corrected chi connectivity index (χ3v) is 3.20. The fourth-order valence-electron chi connectivity index (χ4n) is 2.06. The Hall–Kier alpha value is -2.31. The summed E-state index contributed by atoms with van der Waals surface area (Å²) in [5.41, 5.74) is 1.71. The van der Waals surface area contributed by atoms with Crippen molar-refractivity contribution in [2.24, 2.45) is 0 Å². The van der Waals surface area contributed by atoms with Gasteiger partial charge in [0.05, 0.1) is 24.9 Å². The molecular formula is C14H13F3N2O2. The summed E-state index contributed by atoms with van der Waals surface area (Å²) in [4.78, 5) is 11.4. The predicted molar refractivity (Wildman–Crippen MR) is 68.6 cm³/mol. The number of aryl methyl sites for hydroxylation is 1. The number of hydrogen-bond acceptors (Lipinski definition) is 3. The Morgan fingerprint density at radius 2 is 1.81 bits per heavy atom. The van der Waals surface area contributed by atoms with E-state index in [2.05, 4.69) is 9.84 Å². The van der Waals surface area contributed by atoms with Gasteiger partial charge in [-0.2, -0.15) is 5.10 Å². The van der Waals surface area contributed by atoms with Crippen LogP contribution in [0.15, 0.2) is 12.1 Å². The lowest BCUT2D eigenvalue weighted by molar-refractivity contribution is -0.139. The van der Waals surface area contributed by atoms with Crippen molar-refractivity contribution in [1.82, 2.24) is 9.78 Å². The minimum absolute atomic E-state index is 0.000323. The quantitative estimate of drug-likeness (QED) is 0.646. The highest BCUT2D eigenvalue weighted by molar-refractivity contribution is 5.73. The van der Waals surface area contributed by atoms with Gasteiger partial charge >= 0.3 is 5.97 Å². The Labute approximate surface area is 119 Å². The van der Waals surface area contributed by atoms with Crippen LogP contribution in [-0.2, 0) is 16.0 Å². The highest BCUT2D eigenvalue weighted by atomic mass is 19.2. The predicted octanol–water partition coefficient (Wildman–Crippen LogP) is 2.62. The van der Waals surface area contributed by atoms with Crippen LogP contribution in [-0.4, -0.2) is 22.9 Å². The molecule has 0 saturated heterocycles. The van der Waals surface area contributed by atoms with Crippen LogP contribution in [0.2, 0.25) is 0 Å². The van der Waals surface area contributed by atoms with E-state index in [0.29, 0.717) is 17.0 Å². The van der Waals surface area contributed by atoms with Crippen molar-refractivity contribution in [3.63, 3.8) is 0 Å². The topological polar surface area (TPSA) is 44.1 Å². The fraction of sp³-hybridized carbons (Fsp3) is 0.286.